The Morgan fingerprint density at radius 1 is 1.40 bits per heavy atom. The van der Waals surface area contributed by atoms with Crippen molar-refractivity contribution in [3.05, 3.63) is 30.2 Å². The van der Waals surface area contributed by atoms with Crippen molar-refractivity contribution >= 4 is 5.91 Å². The maximum atomic E-state index is 11.9. The number of aliphatic hydroxyl groups excluding tert-OH is 1. The minimum Gasteiger partial charge on any atom is -0.387 e. The number of nitrogens with zero attached hydrogens (tertiary/aromatic N) is 6. The normalized spacial score (nSPS) is 12.2. The minimum atomic E-state index is -0.791. The molecule has 0 aliphatic heterocycles. The van der Waals surface area contributed by atoms with E-state index in [-0.39, 0.29) is 11.7 Å². The fourth-order valence-corrected chi connectivity index (χ4v) is 1.59. The number of carbonyl (C=O) groups excluding carboxylic acids is 1. The summed E-state index contributed by atoms with van der Waals surface area (Å²) in [4.78, 5) is 25.6. The Labute approximate surface area is 116 Å². The summed E-state index contributed by atoms with van der Waals surface area (Å²) in [7, 11) is 1.67. The summed E-state index contributed by atoms with van der Waals surface area (Å²) in [6.45, 7) is 4.02. The Balaban J connectivity index is 2.37. The number of rotatable bonds is 4. The average Bonchev–Trinajstić information content (AvgIpc) is 2.95. The van der Waals surface area contributed by atoms with Crippen molar-refractivity contribution in [2.75, 3.05) is 13.6 Å². The Hall–Kier alpha value is -2.35. The Kier molecular flexibility index (Phi) is 4.04. The third kappa shape index (κ3) is 2.64. The highest BCUT2D eigenvalue weighted by Gasteiger charge is 2.18. The van der Waals surface area contributed by atoms with E-state index in [0.717, 1.165) is 0 Å². The Bertz CT molecular complexity index is 609. The monoisotopic (exact) mass is 276 g/mol. The van der Waals surface area contributed by atoms with E-state index in [9.17, 15) is 9.90 Å². The molecule has 0 bridgehead atoms. The maximum absolute atomic E-state index is 11.9. The van der Waals surface area contributed by atoms with E-state index in [1.165, 1.54) is 28.3 Å². The lowest BCUT2D eigenvalue weighted by Gasteiger charge is -2.11. The topological polar surface area (TPSA) is 97.0 Å². The third-order valence-corrected chi connectivity index (χ3v) is 2.82. The van der Waals surface area contributed by atoms with Crippen LogP contribution >= 0.6 is 0 Å². The zero-order valence-corrected chi connectivity index (χ0v) is 11.6. The molecule has 2 aromatic heterocycles. The van der Waals surface area contributed by atoms with E-state index in [4.69, 9.17) is 0 Å². The van der Waals surface area contributed by atoms with Crippen LogP contribution in [0.5, 0.6) is 0 Å². The number of amides is 1. The van der Waals surface area contributed by atoms with Crippen molar-refractivity contribution in [3.8, 4) is 5.82 Å². The molecule has 8 nitrogen and oxygen atoms in total. The number of aromatic nitrogens is 5. The first-order chi connectivity index (χ1) is 9.54. The molecule has 0 saturated heterocycles. The van der Waals surface area contributed by atoms with Crippen LogP contribution in [0.15, 0.2) is 18.7 Å². The molecule has 0 aromatic carbocycles. The molecule has 2 aromatic rings. The molecule has 1 N–H and O–H groups in total. The van der Waals surface area contributed by atoms with Crippen molar-refractivity contribution in [2.24, 2.45) is 0 Å². The van der Waals surface area contributed by atoms with Crippen molar-refractivity contribution < 1.29 is 9.90 Å². The molecule has 2 rings (SSSR count). The summed E-state index contributed by atoms with van der Waals surface area (Å²) in [5.41, 5.74) is 0.375. The predicted octanol–water partition coefficient (Wildman–Crippen LogP) is 0.202. The predicted molar refractivity (Wildman–Crippen MR) is 70.2 cm³/mol. The standard InChI is InChI=1S/C12H16N6O2/c1-4-17(3)12(20)10-15-7-18(16-10)11-9(8(2)19)13-5-6-14-11/h5-8,19H,4H2,1-3H3. The van der Waals surface area contributed by atoms with Crippen LogP contribution in [-0.2, 0) is 0 Å². The molecule has 2 heterocycles. The molecule has 1 atom stereocenters. The SMILES string of the molecule is CCN(C)C(=O)c1ncn(-c2nccnc2C(C)O)n1. The van der Waals surface area contributed by atoms with E-state index in [1.807, 2.05) is 6.92 Å². The molecule has 1 unspecified atom stereocenters. The minimum absolute atomic E-state index is 0.0801. The van der Waals surface area contributed by atoms with Gasteiger partial charge >= 0.3 is 0 Å². The van der Waals surface area contributed by atoms with E-state index >= 15 is 0 Å². The van der Waals surface area contributed by atoms with Crippen molar-refractivity contribution in [2.45, 2.75) is 20.0 Å². The highest BCUT2D eigenvalue weighted by atomic mass is 16.3. The third-order valence-electron chi connectivity index (χ3n) is 2.82. The van der Waals surface area contributed by atoms with Crippen molar-refractivity contribution in [1.29, 1.82) is 0 Å². The van der Waals surface area contributed by atoms with Crippen molar-refractivity contribution in [3.63, 3.8) is 0 Å². The molecule has 8 heteroatoms. The van der Waals surface area contributed by atoms with Crippen LogP contribution < -0.4 is 0 Å². The van der Waals surface area contributed by atoms with Gasteiger partial charge in [0.25, 0.3) is 5.91 Å². The summed E-state index contributed by atoms with van der Waals surface area (Å²) in [6.07, 6.45) is 3.56. The van der Waals surface area contributed by atoms with E-state index in [2.05, 4.69) is 20.1 Å². The zero-order valence-electron chi connectivity index (χ0n) is 11.6. The van der Waals surface area contributed by atoms with Gasteiger partial charge in [-0.25, -0.2) is 9.97 Å². The zero-order chi connectivity index (χ0) is 14.7. The summed E-state index contributed by atoms with van der Waals surface area (Å²) in [5, 5.41) is 13.8. The van der Waals surface area contributed by atoms with Crippen LogP contribution in [0.2, 0.25) is 0 Å². The Morgan fingerprint density at radius 3 is 2.75 bits per heavy atom. The van der Waals surface area contributed by atoms with Crippen LogP contribution in [0, 0.1) is 0 Å². The fraction of sp³-hybridized carbons (Fsp3) is 0.417. The number of carbonyl (C=O) groups is 1. The van der Waals surface area contributed by atoms with Gasteiger partial charge in [-0.15, -0.1) is 5.10 Å². The average molecular weight is 276 g/mol. The number of aliphatic hydroxyl groups is 1. The second-order valence-corrected chi connectivity index (χ2v) is 4.27. The van der Waals surface area contributed by atoms with Crippen molar-refractivity contribution in [1.82, 2.24) is 29.6 Å². The lowest BCUT2D eigenvalue weighted by Crippen LogP contribution is -2.27. The lowest BCUT2D eigenvalue weighted by atomic mass is 10.3. The molecule has 0 radical (unpaired) electrons. The van der Waals surface area contributed by atoms with Crippen LogP contribution in [0.25, 0.3) is 5.82 Å². The molecule has 106 valence electrons. The van der Waals surface area contributed by atoms with Crippen LogP contribution in [-0.4, -0.2) is 54.2 Å². The smallest absolute Gasteiger partial charge is 0.293 e. The molecule has 0 aliphatic rings. The number of hydrogen-bond donors (Lipinski definition) is 1. The lowest BCUT2D eigenvalue weighted by molar-refractivity contribution is 0.0790. The van der Waals surface area contributed by atoms with Gasteiger partial charge in [-0.3, -0.25) is 9.78 Å². The fourth-order valence-electron chi connectivity index (χ4n) is 1.59. The summed E-state index contributed by atoms with van der Waals surface area (Å²) < 4.78 is 1.34. The second kappa shape index (κ2) is 5.74. The quantitative estimate of drug-likeness (QED) is 0.857. The highest BCUT2D eigenvalue weighted by molar-refractivity contribution is 5.90. The van der Waals surface area contributed by atoms with E-state index in [0.29, 0.717) is 18.1 Å². The molecule has 0 spiro atoms. The molecule has 0 saturated carbocycles. The Morgan fingerprint density at radius 2 is 2.10 bits per heavy atom. The first kappa shape index (κ1) is 14.1. The van der Waals surface area contributed by atoms with Gasteiger partial charge in [0.1, 0.15) is 12.0 Å². The molecular formula is C12H16N6O2. The van der Waals surface area contributed by atoms with E-state index in [1.54, 1.807) is 14.0 Å². The molecule has 0 fully saturated rings. The van der Waals surface area contributed by atoms with Crippen LogP contribution in [0.1, 0.15) is 36.3 Å². The van der Waals surface area contributed by atoms with Gasteiger partial charge in [0.05, 0.1) is 6.10 Å². The summed E-state index contributed by atoms with van der Waals surface area (Å²) in [6, 6.07) is 0. The first-order valence-corrected chi connectivity index (χ1v) is 6.21. The van der Waals surface area contributed by atoms with Gasteiger partial charge in [-0.05, 0) is 13.8 Å². The highest BCUT2D eigenvalue weighted by Crippen LogP contribution is 2.15. The van der Waals surface area contributed by atoms with Gasteiger partial charge < -0.3 is 10.0 Å². The van der Waals surface area contributed by atoms with Gasteiger partial charge in [0, 0.05) is 26.0 Å². The molecule has 0 aliphatic carbocycles. The van der Waals surface area contributed by atoms with Gasteiger partial charge in [0.2, 0.25) is 5.82 Å². The largest absolute Gasteiger partial charge is 0.387 e. The maximum Gasteiger partial charge on any atom is 0.293 e. The van der Waals surface area contributed by atoms with Gasteiger partial charge in [-0.2, -0.15) is 4.68 Å². The van der Waals surface area contributed by atoms with Gasteiger partial charge in [0.15, 0.2) is 5.82 Å². The second-order valence-electron chi connectivity index (χ2n) is 4.27. The summed E-state index contributed by atoms with van der Waals surface area (Å²) in [5.74, 6) is 0.165. The molecular weight excluding hydrogens is 260 g/mol. The first-order valence-electron chi connectivity index (χ1n) is 6.21. The van der Waals surface area contributed by atoms with E-state index < -0.39 is 6.10 Å². The molecule has 1 amide bonds. The summed E-state index contributed by atoms with van der Waals surface area (Å²) >= 11 is 0. The molecule has 20 heavy (non-hydrogen) atoms. The van der Waals surface area contributed by atoms with Crippen LogP contribution in [0.4, 0.5) is 0 Å². The number of hydrogen-bond acceptors (Lipinski definition) is 6. The van der Waals surface area contributed by atoms with Crippen LogP contribution in [0.3, 0.4) is 0 Å². The van der Waals surface area contributed by atoms with Gasteiger partial charge in [-0.1, -0.05) is 0 Å².